The van der Waals surface area contributed by atoms with Crippen LogP contribution in [-0.2, 0) is 4.79 Å². The van der Waals surface area contributed by atoms with Crippen molar-refractivity contribution in [1.82, 2.24) is 10.6 Å². The number of carbonyl (C=O) groups is 3. The standard InChI is InChI=1S/C10H12N2O5S/c1-2-11-10(16)12-7(13)5-18-8-4-3-6(17-8)9(14)15/h3-4H,2,5H2,1H3,(H,14,15)(H2,11,12,13,16). The molecule has 0 aromatic carbocycles. The van der Waals surface area contributed by atoms with Crippen LogP contribution in [0.15, 0.2) is 21.6 Å². The second kappa shape index (κ2) is 6.70. The van der Waals surface area contributed by atoms with Crippen molar-refractivity contribution < 1.29 is 23.9 Å². The van der Waals surface area contributed by atoms with Crippen LogP contribution in [0, 0.1) is 0 Å². The normalized spacial score (nSPS) is 9.83. The molecule has 0 aliphatic heterocycles. The zero-order valence-corrected chi connectivity index (χ0v) is 10.4. The van der Waals surface area contributed by atoms with E-state index in [0.29, 0.717) is 11.6 Å². The summed E-state index contributed by atoms with van der Waals surface area (Å²) in [4.78, 5) is 32.8. The predicted molar refractivity (Wildman–Crippen MR) is 63.6 cm³/mol. The summed E-state index contributed by atoms with van der Waals surface area (Å²) in [5.74, 6) is -1.89. The Morgan fingerprint density at radius 3 is 2.67 bits per heavy atom. The van der Waals surface area contributed by atoms with Crippen molar-refractivity contribution in [3.05, 3.63) is 17.9 Å². The summed E-state index contributed by atoms with van der Waals surface area (Å²) in [5.41, 5.74) is 0. The Balaban J connectivity index is 2.37. The third kappa shape index (κ3) is 4.50. The number of urea groups is 1. The van der Waals surface area contributed by atoms with Crippen molar-refractivity contribution in [2.24, 2.45) is 0 Å². The Morgan fingerprint density at radius 1 is 1.39 bits per heavy atom. The number of nitrogens with one attached hydrogen (secondary N) is 2. The van der Waals surface area contributed by atoms with E-state index < -0.39 is 17.9 Å². The van der Waals surface area contributed by atoms with E-state index in [0.717, 1.165) is 11.8 Å². The molecule has 0 spiro atoms. The Hall–Kier alpha value is -1.96. The number of thioether (sulfide) groups is 1. The Labute approximate surface area is 107 Å². The van der Waals surface area contributed by atoms with Crippen LogP contribution in [0.3, 0.4) is 0 Å². The van der Waals surface area contributed by atoms with Crippen molar-refractivity contribution in [3.8, 4) is 0 Å². The molecular formula is C10H12N2O5S. The average molecular weight is 272 g/mol. The van der Waals surface area contributed by atoms with Crippen LogP contribution < -0.4 is 10.6 Å². The smallest absolute Gasteiger partial charge is 0.371 e. The molecule has 0 bridgehead atoms. The van der Waals surface area contributed by atoms with Gasteiger partial charge in [0.1, 0.15) is 0 Å². The summed E-state index contributed by atoms with van der Waals surface area (Å²) in [6, 6.07) is 2.19. The fraction of sp³-hybridized carbons (Fsp3) is 0.300. The van der Waals surface area contributed by atoms with Crippen molar-refractivity contribution in [2.75, 3.05) is 12.3 Å². The largest absolute Gasteiger partial charge is 0.475 e. The fourth-order valence-corrected chi connectivity index (χ4v) is 1.68. The number of aromatic carboxylic acids is 1. The topological polar surface area (TPSA) is 109 Å². The lowest BCUT2D eigenvalue weighted by Gasteiger charge is -2.03. The highest BCUT2D eigenvalue weighted by Gasteiger charge is 2.12. The summed E-state index contributed by atoms with van der Waals surface area (Å²) in [6.07, 6.45) is 0. The second-order valence-corrected chi connectivity index (χ2v) is 4.10. The molecule has 0 fully saturated rings. The lowest BCUT2D eigenvalue weighted by atomic mass is 10.5. The summed E-state index contributed by atoms with van der Waals surface area (Å²) in [5, 5.41) is 13.4. The molecule has 0 atom stereocenters. The van der Waals surface area contributed by atoms with Gasteiger partial charge in [-0.25, -0.2) is 9.59 Å². The van der Waals surface area contributed by atoms with Crippen LogP contribution >= 0.6 is 11.8 Å². The second-order valence-electron chi connectivity index (χ2n) is 3.12. The van der Waals surface area contributed by atoms with Gasteiger partial charge in [0.2, 0.25) is 11.7 Å². The van der Waals surface area contributed by atoms with Gasteiger partial charge in [0.15, 0.2) is 5.09 Å². The van der Waals surface area contributed by atoms with Crippen molar-refractivity contribution in [1.29, 1.82) is 0 Å². The number of rotatable bonds is 5. The molecule has 0 saturated heterocycles. The summed E-state index contributed by atoms with van der Waals surface area (Å²) >= 11 is 1.00. The number of furan rings is 1. The monoisotopic (exact) mass is 272 g/mol. The van der Waals surface area contributed by atoms with Crippen molar-refractivity contribution in [3.63, 3.8) is 0 Å². The van der Waals surface area contributed by atoms with Gasteiger partial charge in [0, 0.05) is 6.54 Å². The Morgan fingerprint density at radius 2 is 2.11 bits per heavy atom. The minimum absolute atomic E-state index is 0.0380. The van der Waals surface area contributed by atoms with Gasteiger partial charge in [-0.05, 0) is 19.1 Å². The summed E-state index contributed by atoms with van der Waals surface area (Å²) in [7, 11) is 0. The summed E-state index contributed by atoms with van der Waals surface area (Å²) in [6.45, 7) is 2.15. The number of imide groups is 1. The molecule has 0 radical (unpaired) electrons. The van der Waals surface area contributed by atoms with Gasteiger partial charge in [0.05, 0.1) is 5.75 Å². The SMILES string of the molecule is CCNC(=O)NC(=O)CSc1ccc(C(=O)O)o1. The van der Waals surface area contributed by atoms with E-state index in [1.807, 2.05) is 0 Å². The maximum absolute atomic E-state index is 11.3. The minimum atomic E-state index is -1.17. The molecule has 1 heterocycles. The molecule has 0 unspecified atom stereocenters. The van der Waals surface area contributed by atoms with Gasteiger partial charge in [-0.15, -0.1) is 0 Å². The van der Waals surface area contributed by atoms with E-state index >= 15 is 0 Å². The number of carbonyl (C=O) groups excluding carboxylic acids is 2. The van der Waals surface area contributed by atoms with Crippen molar-refractivity contribution >= 4 is 29.7 Å². The van der Waals surface area contributed by atoms with Gasteiger partial charge >= 0.3 is 12.0 Å². The highest BCUT2D eigenvalue weighted by Crippen LogP contribution is 2.20. The first-order chi connectivity index (χ1) is 8.52. The van der Waals surface area contributed by atoms with Gasteiger partial charge in [-0.3, -0.25) is 10.1 Å². The van der Waals surface area contributed by atoms with E-state index in [1.165, 1.54) is 12.1 Å². The first-order valence-corrected chi connectivity index (χ1v) is 6.05. The third-order valence-corrected chi connectivity index (χ3v) is 2.64. The maximum atomic E-state index is 11.3. The molecule has 1 aromatic rings. The molecule has 7 nitrogen and oxygen atoms in total. The van der Waals surface area contributed by atoms with Crippen LogP contribution in [0.25, 0.3) is 0 Å². The number of carboxylic acids is 1. The molecule has 0 saturated carbocycles. The van der Waals surface area contributed by atoms with E-state index in [2.05, 4.69) is 10.6 Å². The van der Waals surface area contributed by atoms with Crippen LogP contribution in [0.5, 0.6) is 0 Å². The number of hydrogen-bond acceptors (Lipinski definition) is 5. The van der Waals surface area contributed by atoms with Crippen molar-refractivity contribution in [2.45, 2.75) is 12.0 Å². The highest BCUT2D eigenvalue weighted by atomic mass is 32.2. The van der Waals surface area contributed by atoms with E-state index in [9.17, 15) is 14.4 Å². The first kappa shape index (κ1) is 14.1. The molecule has 98 valence electrons. The van der Waals surface area contributed by atoms with E-state index in [1.54, 1.807) is 6.92 Å². The Kier molecular flexibility index (Phi) is 5.25. The number of carboxylic acid groups (broad SMARTS) is 1. The number of hydrogen-bond donors (Lipinski definition) is 3. The van der Waals surface area contributed by atoms with Gasteiger partial charge in [0.25, 0.3) is 0 Å². The first-order valence-electron chi connectivity index (χ1n) is 5.06. The van der Waals surface area contributed by atoms with Crippen LogP contribution in [0.2, 0.25) is 0 Å². The fourth-order valence-electron chi connectivity index (χ4n) is 1.02. The predicted octanol–water partition coefficient (Wildman–Crippen LogP) is 0.916. The van der Waals surface area contributed by atoms with E-state index in [4.69, 9.17) is 9.52 Å². The van der Waals surface area contributed by atoms with Gasteiger partial charge in [-0.2, -0.15) is 0 Å². The Bertz CT molecular complexity index is 457. The zero-order valence-electron chi connectivity index (χ0n) is 9.56. The van der Waals surface area contributed by atoms with Crippen LogP contribution in [0.1, 0.15) is 17.5 Å². The molecule has 0 aliphatic rings. The molecule has 0 aliphatic carbocycles. The highest BCUT2D eigenvalue weighted by molar-refractivity contribution is 7.99. The average Bonchev–Trinajstić information content (AvgIpc) is 2.75. The van der Waals surface area contributed by atoms with E-state index in [-0.39, 0.29) is 11.5 Å². The molecule has 3 amide bonds. The van der Waals surface area contributed by atoms with Gasteiger partial charge in [-0.1, -0.05) is 11.8 Å². The third-order valence-electron chi connectivity index (χ3n) is 1.73. The quantitative estimate of drug-likeness (QED) is 0.688. The molecule has 8 heteroatoms. The summed E-state index contributed by atoms with van der Waals surface area (Å²) < 4.78 is 4.93. The maximum Gasteiger partial charge on any atom is 0.371 e. The lowest BCUT2D eigenvalue weighted by molar-refractivity contribution is -0.117. The molecule has 3 N–H and O–H groups in total. The zero-order chi connectivity index (χ0) is 13.5. The van der Waals surface area contributed by atoms with Gasteiger partial charge < -0.3 is 14.8 Å². The van der Waals surface area contributed by atoms with Crippen LogP contribution in [0.4, 0.5) is 4.79 Å². The molecule has 1 rings (SSSR count). The van der Waals surface area contributed by atoms with Crippen LogP contribution in [-0.4, -0.2) is 35.3 Å². The lowest BCUT2D eigenvalue weighted by Crippen LogP contribution is -2.40. The minimum Gasteiger partial charge on any atom is -0.475 e. The molecular weight excluding hydrogens is 260 g/mol. The number of amides is 3. The molecule has 1 aromatic heterocycles. The molecule has 18 heavy (non-hydrogen) atoms.